The van der Waals surface area contributed by atoms with Gasteiger partial charge in [0, 0.05) is 25.2 Å². The van der Waals surface area contributed by atoms with E-state index in [2.05, 4.69) is 36.3 Å². The lowest BCUT2D eigenvalue weighted by molar-refractivity contribution is -0.127. The molecule has 4 nitrogen and oxygen atoms in total. The number of nitrogens with one attached hydrogen (secondary N) is 2. The minimum absolute atomic E-state index is 0.0160. The highest BCUT2D eigenvalue weighted by Gasteiger charge is 2.32. The molecule has 1 saturated carbocycles. The topological polar surface area (TPSA) is 44.4 Å². The van der Waals surface area contributed by atoms with Crippen molar-refractivity contribution in [2.24, 2.45) is 5.92 Å². The predicted octanol–water partition coefficient (Wildman–Crippen LogP) is 2.14. The highest BCUT2D eigenvalue weighted by Crippen LogP contribution is 2.23. The fourth-order valence-corrected chi connectivity index (χ4v) is 3.91. The molecule has 4 heteroatoms. The maximum absolute atomic E-state index is 12.4. The molecule has 1 amide bonds. The Morgan fingerprint density at radius 3 is 2.57 bits per heavy atom. The summed E-state index contributed by atoms with van der Waals surface area (Å²) in [6.07, 6.45) is 7.21. The van der Waals surface area contributed by atoms with Gasteiger partial charge in [0.15, 0.2) is 0 Å². The van der Waals surface area contributed by atoms with Crippen LogP contribution in [0, 0.1) is 5.92 Å². The van der Waals surface area contributed by atoms with Crippen molar-refractivity contribution in [1.82, 2.24) is 15.5 Å². The molecule has 0 aromatic rings. The lowest BCUT2D eigenvalue weighted by Crippen LogP contribution is -2.55. The smallest absolute Gasteiger partial charge is 0.237 e. The van der Waals surface area contributed by atoms with Crippen LogP contribution < -0.4 is 10.6 Å². The SMILES string of the molecule is CCNC1CCN(C(C)C(=O)NC2CCCC2)CC1CC. The number of hydrogen-bond acceptors (Lipinski definition) is 3. The summed E-state index contributed by atoms with van der Waals surface area (Å²) in [7, 11) is 0. The molecule has 2 aliphatic rings. The van der Waals surface area contributed by atoms with E-state index in [1.54, 1.807) is 0 Å². The molecular weight excluding hydrogens is 262 g/mol. The molecule has 21 heavy (non-hydrogen) atoms. The van der Waals surface area contributed by atoms with Crippen LogP contribution in [-0.4, -0.2) is 48.6 Å². The molecule has 122 valence electrons. The minimum Gasteiger partial charge on any atom is -0.352 e. The second kappa shape index (κ2) is 8.14. The van der Waals surface area contributed by atoms with Crippen LogP contribution in [0.1, 0.15) is 59.3 Å². The van der Waals surface area contributed by atoms with Crippen molar-refractivity contribution in [2.75, 3.05) is 19.6 Å². The lowest BCUT2D eigenvalue weighted by Gasteiger charge is -2.41. The van der Waals surface area contributed by atoms with Gasteiger partial charge in [-0.15, -0.1) is 0 Å². The van der Waals surface area contributed by atoms with Crippen LogP contribution in [0.2, 0.25) is 0 Å². The molecule has 2 rings (SSSR count). The largest absolute Gasteiger partial charge is 0.352 e. The molecule has 0 bridgehead atoms. The molecule has 2 N–H and O–H groups in total. The maximum Gasteiger partial charge on any atom is 0.237 e. The standard InChI is InChI=1S/C17H33N3O/c1-4-14-12-20(11-10-16(14)18-5-2)13(3)17(21)19-15-8-6-7-9-15/h13-16,18H,4-12H2,1-3H3,(H,19,21). The maximum atomic E-state index is 12.4. The summed E-state index contributed by atoms with van der Waals surface area (Å²) < 4.78 is 0. The van der Waals surface area contributed by atoms with Crippen LogP contribution >= 0.6 is 0 Å². The van der Waals surface area contributed by atoms with Crippen molar-refractivity contribution in [3.63, 3.8) is 0 Å². The summed E-state index contributed by atoms with van der Waals surface area (Å²) in [6, 6.07) is 1.07. The number of nitrogens with zero attached hydrogens (tertiary/aromatic N) is 1. The third-order valence-corrected chi connectivity index (χ3v) is 5.38. The Bertz CT molecular complexity index is 328. The number of piperidine rings is 1. The highest BCUT2D eigenvalue weighted by molar-refractivity contribution is 5.81. The second-order valence-corrected chi connectivity index (χ2v) is 6.78. The van der Waals surface area contributed by atoms with E-state index in [4.69, 9.17) is 0 Å². The van der Waals surface area contributed by atoms with Gasteiger partial charge in [0.2, 0.25) is 5.91 Å². The van der Waals surface area contributed by atoms with Gasteiger partial charge in [0.1, 0.15) is 0 Å². The van der Waals surface area contributed by atoms with Gasteiger partial charge < -0.3 is 10.6 Å². The molecular formula is C17H33N3O. The Kier molecular flexibility index (Phi) is 6.49. The van der Waals surface area contributed by atoms with Crippen molar-refractivity contribution in [3.05, 3.63) is 0 Å². The van der Waals surface area contributed by atoms with Crippen LogP contribution in [0.25, 0.3) is 0 Å². The van der Waals surface area contributed by atoms with Crippen molar-refractivity contribution < 1.29 is 4.79 Å². The molecule has 1 heterocycles. The van der Waals surface area contributed by atoms with E-state index in [1.165, 1.54) is 32.1 Å². The number of carbonyl (C=O) groups is 1. The summed E-state index contributed by atoms with van der Waals surface area (Å²) >= 11 is 0. The molecule has 2 fully saturated rings. The van der Waals surface area contributed by atoms with Gasteiger partial charge in [-0.3, -0.25) is 9.69 Å². The molecule has 1 saturated heterocycles. The summed E-state index contributed by atoms with van der Waals surface area (Å²) in [5, 5.41) is 6.85. The predicted molar refractivity (Wildman–Crippen MR) is 87.3 cm³/mol. The van der Waals surface area contributed by atoms with Crippen molar-refractivity contribution in [1.29, 1.82) is 0 Å². The summed E-state index contributed by atoms with van der Waals surface area (Å²) in [5.74, 6) is 0.902. The van der Waals surface area contributed by atoms with Crippen molar-refractivity contribution in [3.8, 4) is 0 Å². The Morgan fingerprint density at radius 2 is 1.95 bits per heavy atom. The first-order valence-corrected chi connectivity index (χ1v) is 8.93. The molecule has 3 unspecified atom stereocenters. The van der Waals surface area contributed by atoms with E-state index in [9.17, 15) is 4.79 Å². The molecule has 1 aliphatic heterocycles. The van der Waals surface area contributed by atoms with Crippen LogP contribution in [-0.2, 0) is 4.79 Å². The summed E-state index contributed by atoms with van der Waals surface area (Å²) in [4.78, 5) is 14.8. The molecule has 0 aromatic heterocycles. The first-order valence-electron chi connectivity index (χ1n) is 8.93. The van der Waals surface area contributed by atoms with E-state index in [1.807, 2.05) is 0 Å². The van der Waals surface area contributed by atoms with Gasteiger partial charge in [-0.2, -0.15) is 0 Å². The van der Waals surface area contributed by atoms with E-state index in [0.29, 0.717) is 18.0 Å². The average molecular weight is 295 g/mol. The van der Waals surface area contributed by atoms with Crippen molar-refractivity contribution in [2.45, 2.75) is 77.4 Å². The second-order valence-electron chi connectivity index (χ2n) is 6.78. The van der Waals surface area contributed by atoms with Gasteiger partial charge in [-0.05, 0) is 38.6 Å². The van der Waals surface area contributed by atoms with Crippen LogP contribution in [0.4, 0.5) is 0 Å². The van der Waals surface area contributed by atoms with E-state index < -0.39 is 0 Å². The first kappa shape index (κ1) is 16.8. The monoisotopic (exact) mass is 295 g/mol. The zero-order valence-corrected chi connectivity index (χ0v) is 14.0. The molecule has 0 radical (unpaired) electrons. The number of amides is 1. The lowest BCUT2D eigenvalue weighted by atomic mass is 9.89. The molecule has 1 aliphatic carbocycles. The number of hydrogen-bond donors (Lipinski definition) is 2. The highest BCUT2D eigenvalue weighted by atomic mass is 16.2. The van der Waals surface area contributed by atoms with Crippen molar-refractivity contribution >= 4 is 5.91 Å². The van der Waals surface area contributed by atoms with E-state index in [-0.39, 0.29) is 11.9 Å². The minimum atomic E-state index is 0.0160. The molecule has 0 spiro atoms. The summed E-state index contributed by atoms with van der Waals surface area (Å²) in [6.45, 7) is 9.64. The summed E-state index contributed by atoms with van der Waals surface area (Å²) in [5.41, 5.74) is 0. The third kappa shape index (κ3) is 4.43. The van der Waals surface area contributed by atoms with E-state index in [0.717, 1.165) is 26.1 Å². The van der Waals surface area contributed by atoms with Crippen LogP contribution in [0.3, 0.4) is 0 Å². The first-order chi connectivity index (χ1) is 10.2. The van der Waals surface area contributed by atoms with E-state index >= 15 is 0 Å². The van der Waals surface area contributed by atoms with Gasteiger partial charge in [-0.25, -0.2) is 0 Å². The van der Waals surface area contributed by atoms with Crippen LogP contribution in [0.15, 0.2) is 0 Å². The number of likely N-dealkylation sites (tertiary alicyclic amines) is 1. The Morgan fingerprint density at radius 1 is 1.24 bits per heavy atom. The zero-order valence-electron chi connectivity index (χ0n) is 14.0. The van der Waals surface area contributed by atoms with Crippen LogP contribution in [0.5, 0.6) is 0 Å². The Balaban J connectivity index is 1.84. The molecule has 0 aromatic carbocycles. The quantitative estimate of drug-likeness (QED) is 0.789. The third-order valence-electron chi connectivity index (χ3n) is 5.38. The number of carbonyl (C=O) groups excluding carboxylic acids is 1. The zero-order chi connectivity index (χ0) is 15.2. The van der Waals surface area contributed by atoms with Gasteiger partial charge >= 0.3 is 0 Å². The average Bonchev–Trinajstić information content (AvgIpc) is 3.00. The fourth-order valence-electron chi connectivity index (χ4n) is 3.91. The van der Waals surface area contributed by atoms with Gasteiger partial charge in [0.05, 0.1) is 6.04 Å². The molecule has 3 atom stereocenters. The van der Waals surface area contributed by atoms with Gasteiger partial charge in [-0.1, -0.05) is 33.1 Å². The number of rotatable bonds is 6. The van der Waals surface area contributed by atoms with Gasteiger partial charge in [0.25, 0.3) is 0 Å². The Hall–Kier alpha value is -0.610. The normalized spacial score (nSPS) is 29.5. The fraction of sp³-hybridized carbons (Fsp3) is 0.941. The Labute approximate surface area is 130 Å².